The molecule has 0 amide bonds. The van der Waals surface area contributed by atoms with Crippen LogP contribution in [0.3, 0.4) is 0 Å². The van der Waals surface area contributed by atoms with E-state index in [1.807, 2.05) is 31.2 Å². The number of allylic oxidation sites excluding steroid dienone is 1. The second-order valence-electron chi connectivity index (χ2n) is 5.73. The standard InChI is InChI=1S/C17H21N3OS/c1-2-21-15-7-4-12(5-8-15)11-18-20-17(22)19-16-10-13-3-6-14(16)9-13/h3-8,11,13-14,16H,2,9-10H2,1H3,(H2,19,20,22)/b18-11-/t13-,14-,16-/m0/s1. The minimum absolute atomic E-state index is 0.454. The van der Waals surface area contributed by atoms with Crippen molar-refractivity contribution >= 4 is 23.5 Å². The van der Waals surface area contributed by atoms with E-state index in [0.717, 1.165) is 17.2 Å². The first kappa shape index (κ1) is 15.0. The average molecular weight is 315 g/mol. The van der Waals surface area contributed by atoms with E-state index in [1.165, 1.54) is 12.8 Å². The Bertz CT molecular complexity index is 582. The molecule has 0 aliphatic heterocycles. The monoisotopic (exact) mass is 315 g/mol. The van der Waals surface area contributed by atoms with Gasteiger partial charge in [-0.3, -0.25) is 5.43 Å². The number of nitrogens with zero attached hydrogens (tertiary/aromatic N) is 1. The number of hydrogen-bond acceptors (Lipinski definition) is 3. The molecule has 1 saturated carbocycles. The lowest BCUT2D eigenvalue weighted by Crippen LogP contribution is -2.42. The minimum atomic E-state index is 0.454. The molecule has 0 radical (unpaired) electrons. The van der Waals surface area contributed by atoms with Gasteiger partial charge in [0.2, 0.25) is 0 Å². The van der Waals surface area contributed by atoms with Crippen molar-refractivity contribution in [2.24, 2.45) is 16.9 Å². The number of ether oxygens (including phenoxy) is 1. The zero-order valence-electron chi connectivity index (χ0n) is 12.7. The highest BCUT2D eigenvalue weighted by Crippen LogP contribution is 2.38. The van der Waals surface area contributed by atoms with Gasteiger partial charge in [-0.25, -0.2) is 0 Å². The molecule has 3 rings (SSSR count). The van der Waals surface area contributed by atoms with Crippen LogP contribution in [0.25, 0.3) is 0 Å². The van der Waals surface area contributed by atoms with Gasteiger partial charge in [-0.2, -0.15) is 5.10 Å². The van der Waals surface area contributed by atoms with Crippen LogP contribution in [0.1, 0.15) is 25.3 Å². The van der Waals surface area contributed by atoms with E-state index in [4.69, 9.17) is 17.0 Å². The molecule has 2 N–H and O–H groups in total. The Morgan fingerprint density at radius 2 is 2.14 bits per heavy atom. The van der Waals surface area contributed by atoms with Gasteiger partial charge in [-0.1, -0.05) is 12.2 Å². The minimum Gasteiger partial charge on any atom is -0.494 e. The molecule has 2 bridgehead atoms. The molecule has 0 unspecified atom stereocenters. The fourth-order valence-electron chi connectivity index (χ4n) is 3.13. The second-order valence-corrected chi connectivity index (χ2v) is 6.14. The third kappa shape index (κ3) is 3.65. The van der Waals surface area contributed by atoms with Crippen LogP contribution < -0.4 is 15.5 Å². The van der Waals surface area contributed by atoms with Crippen LogP contribution in [-0.2, 0) is 0 Å². The smallest absolute Gasteiger partial charge is 0.187 e. The molecular weight excluding hydrogens is 294 g/mol. The summed E-state index contributed by atoms with van der Waals surface area (Å²) in [5.74, 6) is 2.23. The van der Waals surface area contributed by atoms with Crippen molar-refractivity contribution in [1.29, 1.82) is 0 Å². The number of hydrazone groups is 1. The topological polar surface area (TPSA) is 45.6 Å². The van der Waals surface area contributed by atoms with E-state index in [0.29, 0.717) is 23.7 Å². The van der Waals surface area contributed by atoms with Crippen LogP contribution in [0.5, 0.6) is 5.75 Å². The SMILES string of the molecule is CCOc1ccc(/C=N\NC(=S)N[C@H]2C[C@H]3C=C[C@H]2C3)cc1. The number of fused-ring (bicyclic) bond motifs is 2. The van der Waals surface area contributed by atoms with Crippen molar-refractivity contribution in [3.8, 4) is 5.75 Å². The largest absolute Gasteiger partial charge is 0.494 e. The van der Waals surface area contributed by atoms with Crippen LogP contribution in [-0.4, -0.2) is 24.0 Å². The molecule has 0 spiro atoms. The van der Waals surface area contributed by atoms with Crippen molar-refractivity contribution in [3.63, 3.8) is 0 Å². The van der Waals surface area contributed by atoms with Gasteiger partial charge in [-0.05, 0) is 73.6 Å². The lowest BCUT2D eigenvalue weighted by atomic mass is 10.0. The van der Waals surface area contributed by atoms with Gasteiger partial charge in [0.1, 0.15) is 5.75 Å². The van der Waals surface area contributed by atoms with E-state index in [2.05, 4.69) is 28.0 Å². The molecule has 1 aromatic carbocycles. The zero-order chi connectivity index (χ0) is 15.4. The molecule has 1 aromatic rings. The summed E-state index contributed by atoms with van der Waals surface area (Å²) in [6.07, 6.45) is 8.81. The van der Waals surface area contributed by atoms with Gasteiger partial charge in [0.25, 0.3) is 0 Å². The summed E-state index contributed by atoms with van der Waals surface area (Å²) in [5.41, 5.74) is 3.89. The van der Waals surface area contributed by atoms with Crippen LogP contribution in [0.2, 0.25) is 0 Å². The maximum Gasteiger partial charge on any atom is 0.187 e. The van der Waals surface area contributed by atoms with Gasteiger partial charge in [0.15, 0.2) is 5.11 Å². The van der Waals surface area contributed by atoms with Crippen molar-refractivity contribution in [1.82, 2.24) is 10.7 Å². The summed E-state index contributed by atoms with van der Waals surface area (Å²) in [6, 6.07) is 8.25. The van der Waals surface area contributed by atoms with Crippen LogP contribution in [0, 0.1) is 11.8 Å². The first-order chi connectivity index (χ1) is 10.7. The third-order valence-electron chi connectivity index (χ3n) is 4.17. The van der Waals surface area contributed by atoms with Gasteiger partial charge in [0.05, 0.1) is 12.8 Å². The molecule has 1 fully saturated rings. The molecule has 5 heteroatoms. The molecular formula is C17H21N3OS. The molecule has 116 valence electrons. The molecule has 0 heterocycles. The van der Waals surface area contributed by atoms with Gasteiger partial charge in [-0.15, -0.1) is 0 Å². The molecule has 2 aliphatic carbocycles. The normalized spacial score (nSPS) is 25.6. The second kappa shape index (κ2) is 6.92. The summed E-state index contributed by atoms with van der Waals surface area (Å²) in [4.78, 5) is 0. The summed E-state index contributed by atoms with van der Waals surface area (Å²) < 4.78 is 5.41. The Morgan fingerprint density at radius 3 is 2.77 bits per heavy atom. The van der Waals surface area contributed by atoms with Crippen LogP contribution in [0.4, 0.5) is 0 Å². The highest BCUT2D eigenvalue weighted by atomic mass is 32.1. The number of hydrogen-bond donors (Lipinski definition) is 2. The lowest BCUT2D eigenvalue weighted by molar-refractivity contribution is 0.340. The highest BCUT2D eigenvalue weighted by molar-refractivity contribution is 7.80. The van der Waals surface area contributed by atoms with E-state index in [1.54, 1.807) is 6.21 Å². The summed E-state index contributed by atoms with van der Waals surface area (Å²) in [7, 11) is 0. The van der Waals surface area contributed by atoms with Gasteiger partial charge < -0.3 is 10.1 Å². The highest BCUT2D eigenvalue weighted by Gasteiger charge is 2.35. The summed E-state index contributed by atoms with van der Waals surface area (Å²) in [6.45, 7) is 2.65. The first-order valence-electron chi connectivity index (χ1n) is 7.75. The Balaban J connectivity index is 1.45. The number of rotatable bonds is 5. The third-order valence-corrected chi connectivity index (χ3v) is 4.38. The van der Waals surface area contributed by atoms with Crippen molar-refractivity contribution in [2.75, 3.05) is 6.61 Å². The Morgan fingerprint density at radius 1 is 1.32 bits per heavy atom. The van der Waals surface area contributed by atoms with Crippen molar-refractivity contribution in [3.05, 3.63) is 42.0 Å². The molecule has 2 aliphatic rings. The van der Waals surface area contributed by atoms with Crippen molar-refractivity contribution in [2.45, 2.75) is 25.8 Å². The predicted molar refractivity (Wildman–Crippen MR) is 93.2 cm³/mol. The van der Waals surface area contributed by atoms with Crippen LogP contribution >= 0.6 is 12.2 Å². The predicted octanol–water partition coefficient (Wildman–Crippen LogP) is 2.85. The Labute approximate surface area is 136 Å². The summed E-state index contributed by atoms with van der Waals surface area (Å²) in [5, 5.41) is 8.13. The zero-order valence-corrected chi connectivity index (χ0v) is 13.5. The van der Waals surface area contributed by atoms with Crippen molar-refractivity contribution < 1.29 is 4.74 Å². The fraction of sp³-hybridized carbons (Fsp3) is 0.412. The molecule has 22 heavy (non-hydrogen) atoms. The molecule has 0 saturated heterocycles. The van der Waals surface area contributed by atoms with E-state index in [9.17, 15) is 0 Å². The fourth-order valence-corrected chi connectivity index (χ4v) is 3.33. The van der Waals surface area contributed by atoms with Gasteiger partial charge in [0, 0.05) is 6.04 Å². The van der Waals surface area contributed by atoms with E-state index in [-0.39, 0.29) is 0 Å². The number of nitrogens with one attached hydrogen (secondary N) is 2. The average Bonchev–Trinajstić information content (AvgIpc) is 3.12. The molecule has 3 atom stereocenters. The van der Waals surface area contributed by atoms with Gasteiger partial charge >= 0.3 is 0 Å². The first-order valence-corrected chi connectivity index (χ1v) is 8.16. The maximum atomic E-state index is 5.41. The summed E-state index contributed by atoms with van der Waals surface area (Å²) >= 11 is 5.30. The van der Waals surface area contributed by atoms with E-state index < -0.39 is 0 Å². The maximum absolute atomic E-state index is 5.41. The van der Waals surface area contributed by atoms with E-state index >= 15 is 0 Å². The Kier molecular flexibility index (Phi) is 4.73. The number of thiocarbonyl (C=S) groups is 1. The van der Waals surface area contributed by atoms with Crippen LogP contribution in [0.15, 0.2) is 41.5 Å². The molecule has 4 nitrogen and oxygen atoms in total. The molecule has 0 aromatic heterocycles. The Hall–Kier alpha value is -1.88. The lowest BCUT2D eigenvalue weighted by Gasteiger charge is -2.20. The number of benzene rings is 1. The quantitative estimate of drug-likeness (QED) is 0.380.